The molecule has 262 valence electrons. The summed E-state index contributed by atoms with van der Waals surface area (Å²) in [5.41, 5.74) is 9.68. The van der Waals surface area contributed by atoms with Crippen molar-refractivity contribution in [3.05, 3.63) is 170 Å². The van der Waals surface area contributed by atoms with Crippen molar-refractivity contribution in [2.75, 3.05) is 0 Å². The summed E-state index contributed by atoms with van der Waals surface area (Å²) in [6.45, 7) is 0. The summed E-state index contributed by atoms with van der Waals surface area (Å²) >= 11 is 0. The van der Waals surface area contributed by atoms with Crippen molar-refractivity contribution in [2.24, 2.45) is 0 Å². The van der Waals surface area contributed by atoms with Gasteiger partial charge in [0.25, 0.3) is 0 Å². The highest BCUT2D eigenvalue weighted by molar-refractivity contribution is 6.48. The van der Waals surface area contributed by atoms with Gasteiger partial charge in [-0.25, -0.2) is 0 Å². The van der Waals surface area contributed by atoms with Gasteiger partial charge in [-0.3, -0.25) is 9.97 Å². The van der Waals surface area contributed by atoms with Gasteiger partial charge in [0.15, 0.2) is 0 Å². The van der Waals surface area contributed by atoms with Gasteiger partial charge in [0.05, 0.1) is 11.4 Å². The third kappa shape index (κ3) is 3.33. The highest BCUT2D eigenvalue weighted by Gasteiger charge is 2.30. The molecule has 0 spiro atoms. The monoisotopic (exact) mass is 728 g/mol. The van der Waals surface area contributed by atoms with Crippen LogP contribution < -0.4 is 0 Å². The molecule has 15 rings (SSSR count). The lowest BCUT2D eigenvalue weighted by molar-refractivity contribution is 1.33. The van der Waals surface area contributed by atoms with E-state index in [2.05, 4.69) is 146 Å². The van der Waals surface area contributed by atoms with Crippen molar-refractivity contribution in [1.29, 1.82) is 0 Å². The van der Waals surface area contributed by atoms with E-state index < -0.39 is 0 Å². The van der Waals surface area contributed by atoms with Crippen molar-refractivity contribution in [3.8, 4) is 44.8 Å². The number of benzene rings is 10. The van der Waals surface area contributed by atoms with Gasteiger partial charge in [0, 0.05) is 39.7 Å². The van der Waals surface area contributed by atoms with Crippen LogP contribution in [0.3, 0.4) is 0 Å². The molecule has 0 radical (unpaired) electrons. The van der Waals surface area contributed by atoms with E-state index in [0.29, 0.717) is 0 Å². The maximum absolute atomic E-state index is 5.15. The van der Waals surface area contributed by atoms with Gasteiger partial charge in [-0.1, -0.05) is 127 Å². The second-order valence-electron chi connectivity index (χ2n) is 16.2. The van der Waals surface area contributed by atoms with Crippen LogP contribution in [0.1, 0.15) is 0 Å². The number of rotatable bonds is 2. The standard InChI is InChI=1S/C56H28N2/c1-2-11-30-29(10-1)34-18-20-36-38-22-24-41-51-42(25-23-39(50(38)51)37-21-19-35(30)48(34)49(36)37)55-54(41)53(45-16-5-7-26-57-45)44-28-43-32-13-4-3-12-31(32)33-14-9-15-40(47(33)43)52(44)56(55)46-17-6-8-27-58-46/h1-28H. The largest absolute Gasteiger partial charge is 0.256 e. The Bertz CT molecular complexity index is 4030. The molecule has 0 unspecified atom stereocenters. The molecule has 0 fully saturated rings. The summed E-state index contributed by atoms with van der Waals surface area (Å²) in [5.74, 6) is 0. The van der Waals surface area contributed by atoms with Crippen molar-refractivity contribution in [3.63, 3.8) is 0 Å². The summed E-state index contributed by atoms with van der Waals surface area (Å²) in [5, 5.41) is 25.9. The highest BCUT2D eigenvalue weighted by Crippen LogP contribution is 2.57. The SMILES string of the molecule is c1ccc(-c2c3cc4c5ccccc5c5cccc(c3c(-c3ccccn3)c3c6ccc7c8ccc9c%10c(ccc(c%11ccc(c23)c6c%117)c%108)-c2ccccc2-9)c54)nc1. The molecule has 0 N–H and O–H groups in total. The fraction of sp³-hybridized carbons (Fsp3) is 0. The summed E-state index contributed by atoms with van der Waals surface area (Å²) in [6, 6.07) is 58.9. The summed E-state index contributed by atoms with van der Waals surface area (Å²) in [6.07, 6.45) is 3.88. The van der Waals surface area contributed by atoms with Gasteiger partial charge >= 0.3 is 0 Å². The predicted molar refractivity (Wildman–Crippen MR) is 246 cm³/mol. The fourth-order valence-corrected chi connectivity index (χ4v) is 11.6. The Balaban J connectivity index is 1.22. The quantitative estimate of drug-likeness (QED) is 0.131. The van der Waals surface area contributed by atoms with Crippen molar-refractivity contribution < 1.29 is 0 Å². The lowest BCUT2D eigenvalue weighted by Gasteiger charge is -2.18. The molecular weight excluding hydrogens is 701 g/mol. The molecule has 58 heavy (non-hydrogen) atoms. The highest BCUT2D eigenvalue weighted by atomic mass is 14.7. The van der Waals surface area contributed by atoms with E-state index in [0.717, 1.165) is 11.4 Å². The molecule has 0 aliphatic heterocycles. The fourth-order valence-electron chi connectivity index (χ4n) is 11.6. The molecule has 2 heterocycles. The molecular formula is C56H28N2. The van der Waals surface area contributed by atoms with E-state index in [1.807, 2.05) is 24.5 Å². The van der Waals surface area contributed by atoms with Crippen LogP contribution in [-0.4, -0.2) is 9.97 Å². The Hall–Kier alpha value is -7.68. The smallest absolute Gasteiger partial charge is 0.0714 e. The molecule has 0 saturated heterocycles. The Kier molecular flexibility index (Phi) is 5.20. The molecule has 0 atom stereocenters. The minimum atomic E-state index is 0.982. The zero-order valence-electron chi connectivity index (χ0n) is 31.1. The van der Waals surface area contributed by atoms with Crippen LogP contribution in [0.2, 0.25) is 0 Å². The van der Waals surface area contributed by atoms with Gasteiger partial charge in [0.1, 0.15) is 0 Å². The Morgan fingerprint density at radius 3 is 1.31 bits per heavy atom. The van der Waals surface area contributed by atoms with E-state index in [1.54, 1.807) is 0 Å². The predicted octanol–water partition coefficient (Wildman–Crippen LogP) is 15.3. The molecule has 1 aliphatic carbocycles. The van der Waals surface area contributed by atoms with E-state index in [1.165, 1.54) is 141 Å². The third-order valence-corrected chi connectivity index (χ3v) is 13.7. The van der Waals surface area contributed by atoms with E-state index in [4.69, 9.17) is 9.97 Å². The third-order valence-electron chi connectivity index (χ3n) is 13.7. The van der Waals surface area contributed by atoms with Crippen molar-refractivity contribution in [1.82, 2.24) is 9.97 Å². The van der Waals surface area contributed by atoms with Crippen LogP contribution >= 0.6 is 0 Å². The van der Waals surface area contributed by atoms with E-state index >= 15 is 0 Å². The van der Waals surface area contributed by atoms with Crippen LogP contribution in [0, 0.1) is 0 Å². The molecule has 0 amide bonds. The van der Waals surface area contributed by atoms with E-state index in [-0.39, 0.29) is 0 Å². The van der Waals surface area contributed by atoms with Crippen LogP contribution in [0.25, 0.3) is 152 Å². The average Bonchev–Trinajstić information content (AvgIpc) is 3.92. The Labute approximate surface area is 331 Å². The van der Waals surface area contributed by atoms with E-state index in [9.17, 15) is 0 Å². The Morgan fingerprint density at radius 1 is 0.224 bits per heavy atom. The number of fused-ring (bicyclic) bond motifs is 13. The zero-order valence-corrected chi connectivity index (χ0v) is 31.1. The topological polar surface area (TPSA) is 25.8 Å². The van der Waals surface area contributed by atoms with Crippen LogP contribution in [-0.2, 0) is 0 Å². The molecule has 2 nitrogen and oxygen atoms in total. The molecule has 2 aromatic heterocycles. The summed E-state index contributed by atoms with van der Waals surface area (Å²) in [7, 11) is 0. The second-order valence-corrected chi connectivity index (χ2v) is 16.2. The number of aromatic nitrogens is 2. The zero-order chi connectivity index (χ0) is 37.4. The first-order valence-corrected chi connectivity index (χ1v) is 20.2. The molecule has 12 aromatic carbocycles. The van der Waals surface area contributed by atoms with Crippen molar-refractivity contribution >= 4 is 108 Å². The first kappa shape index (κ1) is 29.6. The molecule has 1 aliphatic rings. The number of nitrogens with zero attached hydrogens (tertiary/aromatic N) is 2. The molecule has 2 heteroatoms. The number of hydrogen-bond donors (Lipinski definition) is 0. The van der Waals surface area contributed by atoms with Gasteiger partial charge in [-0.15, -0.1) is 0 Å². The first-order valence-electron chi connectivity index (χ1n) is 20.2. The van der Waals surface area contributed by atoms with Crippen molar-refractivity contribution in [2.45, 2.75) is 0 Å². The lowest BCUT2D eigenvalue weighted by Crippen LogP contribution is -1.93. The minimum absolute atomic E-state index is 0.982. The maximum atomic E-state index is 5.15. The van der Waals surface area contributed by atoms with Gasteiger partial charge in [0.2, 0.25) is 0 Å². The number of pyridine rings is 2. The van der Waals surface area contributed by atoms with Gasteiger partial charge in [-0.2, -0.15) is 0 Å². The summed E-state index contributed by atoms with van der Waals surface area (Å²) in [4.78, 5) is 10.3. The normalized spacial score (nSPS) is 12.8. The van der Waals surface area contributed by atoms with Crippen LogP contribution in [0.15, 0.2) is 170 Å². The van der Waals surface area contributed by atoms with Crippen LogP contribution in [0.5, 0.6) is 0 Å². The molecule has 14 aromatic rings. The van der Waals surface area contributed by atoms with Crippen LogP contribution in [0.4, 0.5) is 0 Å². The summed E-state index contributed by atoms with van der Waals surface area (Å²) < 4.78 is 0. The second kappa shape index (κ2) is 10.2. The minimum Gasteiger partial charge on any atom is -0.256 e. The number of hydrogen-bond acceptors (Lipinski definition) is 2. The maximum Gasteiger partial charge on any atom is 0.0714 e. The molecule has 0 saturated carbocycles. The average molecular weight is 729 g/mol. The Morgan fingerprint density at radius 2 is 0.672 bits per heavy atom. The van der Waals surface area contributed by atoms with Gasteiger partial charge in [-0.05, 0) is 144 Å². The van der Waals surface area contributed by atoms with Gasteiger partial charge < -0.3 is 0 Å². The molecule has 0 bridgehead atoms. The lowest BCUT2D eigenvalue weighted by atomic mass is 9.86. The first-order chi connectivity index (χ1) is 28.8.